The van der Waals surface area contributed by atoms with Gasteiger partial charge in [-0.15, -0.1) is 0 Å². The average Bonchev–Trinajstić information content (AvgIpc) is 2.78. The summed E-state index contributed by atoms with van der Waals surface area (Å²) in [7, 11) is 0. The summed E-state index contributed by atoms with van der Waals surface area (Å²) in [5, 5.41) is 2.38. The fraction of sp³-hybridized carbons (Fsp3) is 0.136. The van der Waals surface area contributed by atoms with Gasteiger partial charge < -0.3 is 14.8 Å². The van der Waals surface area contributed by atoms with Crippen LogP contribution in [-0.4, -0.2) is 23.5 Å². The molecule has 172 valence electrons. The van der Waals surface area contributed by atoms with Crippen LogP contribution in [0, 0.1) is 0 Å². The van der Waals surface area contributed by atoms with E-state index >= 15 is 0 Å². The van der Waals surface area contributed by atoms with E-state index in [1.165, 1.54) is 12.1 Å². The van der Waals surface area contributed by atoms with Crippen molar-refractivity contribution in [3.63, 3.8) is 0 Å². The molecule has 0 atom stereocenters. The van der Waals surface area contributed by atoms with Gasteiger partial charge in [0.2, 0.25) is 0 Å². The normalized spacial score (nSPS) is 11.1. The van der Waals surface area contributed by atoms with Crippen LogP contribution in [0.3, 0.4) is 0 Å². The van der Waals surface area contributed by atoms with Crippen LogP contribution < -0.4 is 10.1 Å². The molecule has 1 heterocycles. The first-order valence-corrected chi connectivity index (χ1v) is 10.0. The Kier molecular flexibility index (Phi) is 7.78. The highest BCUT2D eigenvalue weighted by Gasteiger charge is 2.31. The third kappa shape index (κ3) is 7.10. The van der Waals surface area contributed by atoms with E-state index in [-0.39, 0.29) is 18.0 Å². The monoisotopic (exact) mass is 498 g/mol. The Morgan fingerprint density at radius 3 is 2.27 bits per heavy atom. The molecular formula is C22H15Cl2F3N2O4. The van der Waals surface area contributed by atoms with Gasteiger partial charge in [-0.1, -0.05) is 35.3 Å². The van der Waals surface area contributed by atoms with Crippen molar-refractivity contribution in [1.29, 1.82) is 0 Å². The number of amides is 1. The molecule has 0 aliphatic heterocycles. The number of anilines is 1. The summed E-state index contributed by atoms with van der Waals surface area (Å²) in [6.45, 7) is -0.417. The van der Waals surface area contributed by atoms with Crippen molar-refractivity contribution < 1.29 is 32.2 Å². The van der Waals surface area contributed by atoms with Crippen LogP contribution in [0.15, 0.2) is 60.8 Å². The zero-order valence-electron chi connectivity index (χ0n) is 16.7. The number of hydrogen-bond acceptors (Lipinski definition) is 5. The van der Waals surface area contributed by atoms with E-state index in [1.807, 2.05) is 0 Å². The molecule has 6 nitrogen and oxygen atoms in total. The maximum atomic E-state index is 12.6. The van der Waals surface area contributed by atoms with E-state index in [4.69, 9.17) is 32.7 Å². The van der Waals surface area contributed by atoms with Crippen molar-refractivity contribution in [2.24, 2.45) is 0 Å². The molecule has 11 heteroatoms. The Balaban J connectivity index is 1.49. The first-order valence-electron chi connectivity index (χ1n) is 9.29. The van der Waals surface area contributed by atoms with E-state index in [1.54, 1.807) is 36.4 Å². The molecule has 0 spiro atoms. The lowest BCUT2D eigenvalue weighted by Gasteiger charge is -2.10. The van der Waals surface area contributed by atoms with Crippen molar-refractivity contribution in [2.45, 2.75) is 12.8 Å². The first kappa shape index (κ1) is 24.3. The van der Waals surface area contributed by atoms with Gasteiger partial charge in [-0.05, 0) is 48.0 Å². The maximum Gasteiger partial charge on any atom is 0.417 e. The Bertz CT molecular complexity index is 1140. The van der Waals surface area contributed by atoms with E-state index in [0.717, 1.165) is 5.56 Å². The number of alkyl halides is 3. The fourth-order valence-electron chi connectivity index (χ4n) is 2.50. The summed E-state index contributed by atoms with van der Waals surface area (Å²) < 4.78 is 48.4. The lowest BCUT2D eigenvalue weighted by Crippen LogP contribution is -2.22. The molecule has 3 rings (SSSR count). The van der Waals surface area contributed by atoms with Crippen molar-refractivity contribution >= 4 is 40.9 Å². The maximum absolute atomic E-state index is 12.6. The largest absolute Gasteiger partial charge is 0.489 e. The smallest absolute Gasteiger partial charge is 0.417 e. The van der Waals surface area contributed by atoms with Gasteiger partial charge >= 0.3 is 12.1 Å². The predicted molar refractivity (Wildman–Crippen MR) is 115 cm³/mol. The van der Waals surface area contributed by atoms with Crippen molar-refractivity contribution in [3.8, 4) is 5.75 Å². The molecule has 0 unspecified atom stereocenters. The van der Waals surface area contributed by atoms with Crippen molar-refractivity contribution in [3.05, 3.63) is 87.5 Å². The van der Waals surface area contributed by atoms with Crippen LogP contribution in [0.4, 0.5) is 19.0 Å². The SMILES string of the molecule is O=C(COC(=O)c1ccc(COc2ccc(Cl)cc2)cc1)Nc1ncc(C(F)(F)F)cc1Cl. The van der Waals surface area contributed by atoms with E-state index in [0.29, 0.717) is 23.0 Å². The Morgan fingerprint density at radius 1 is 1.00 bits per heavy atom. The number of rotatable bonds is 7. The molecule has 33 heavy (non-hydrogen) atoms. The minimum Gasteiger partial charge on any atom is -0.489 e. The minimum atomic E-state index is -4.62. The van der Waals surface area contributed by atoms with Gasteiger partial charge in [0.25, 0.3) is 5.91 Å². The highest BCUT2D eigenvalue weighted by atomic mass is 35.5. The topological polar surface area (TPSA) is 77.5 Å². The number of carbonyl (C=O) groups excluding carboxylic acids is 2. The molecule has 1 amide bonds. The lowest BCUT2D eigenvalue weighted by molar-refractivity contribution is -0.137. The van der Waals surface area contributed by atoms with Gasteiger partial charge in [0.1, 0.15) is 12.4 Å². The van der Waals surface area contributed by atoms with Gasteiger partial charge in [0, 0.05) is 11.2 Å². The van der Waals surface area contributed by atoms with Crippen LogP contribution in [0.1, 0.15) is 21.5 Å². The van der Waals surface area contributed by atoms with Crippen molar-refractivity contribution in [1.82, 2.24) is 4.98 Å². The molecule has 1 N–H and O–H groups in total. The van der Waals surface area contributed by atoms with Gasteiger partial charge in [-0.25, -0.2) is 9.78 Å². The lowest BCUT2D eigenvalue weighted by atomic mass is 10.1. The molecule has 3 aromatic rings. The third-order valence-corrected chi connectivity index (χ3v) is 4.71. The number of nitrogens with one attached hydrogen (secondary N) is 1. The highest BCUT2D eigenvalue weighted by molar-refractivity contribution is 6.33. The fourth-order valence-corrected chi connectivity index (χ4v) is 2.84. The Hall–Kier alpha value is -3.30. The zero-order chi connectivity index (χ0) is 24.0. The number of benzene rings is 2. The molecule has 0 saturated heterocycles. The van der Waals surface area contributed by atoms with Crippen LogP contribution in [0.2, 0.25) is 10.0 Å². The number of halogens is 5. The molecule has 0 radical (unpaired) electrons. The summed E-state index contributed by atoms with van der Waals surface area (Å²) in [5.41, 5.74) is -0.0649. The van der Waals surface area contributed by atoms with Crippen LogP contribution in [-0.2, 0) is 22.3 Å². The minimum absolute atomic E-state index is 0.198. The standard InChI is InChI=1S/C22H15Cl2F3N2O4/c23-16-5-7-17(8-6-16)32-11-13-1-3-14(4-2-13)21(31)33-12-19(30)29-20-18(24)9-15(10-28-20)22(25,26)27/h1-10H,11-12H2,(H,28,29,30). The van der Waals surface area contributed by atoms with E-state index < -0.39 is 35.2 Å². The molecule has 0 aliphatic rings. The third-order valence-electron chi connectivity index (χ3n) is 4.17. The van der Waals surface area contributed by atoms with E-state index in [2.05, 4.69) is 10.3 Å². The van der Waals surface area contributed by atoms with Crippen LogP contribution >= 0.6 is 23.2 Å². The number of hydrogen-bond donors (Lipinski definition) is 1. The summed E-state index contributed by atoms with van der Waals surface area (Å²) in [6, 6.07) is 13.8. The molecule has 0 bridgehead atoms. The van der Waals surface area contributed by atoms with Crippen LogP contribution in [0.5, 0.6) is 5.75 Å². The summed E-state index contributed by atoms with van der Waals surface area (Å²) in [6.07, 6.45) is -4.09. The molecular weight excluding hydrogens is 484 g/mol. The number of aromatic nitrogens is 1. The number of carbonyl (C=O) groups is 2. The second kappa shape index (κ2) is 10.5. The number of ether oxygens (including phenoxy) is 2. The van der Waals surface area contributed by atoms with Gasteiger partial charge in [0.05, 0.1) is 16.1 Å². The molecule has 1 aromatic heterocycles. The molecule has 0 aliphatic carbocycles. The number of pyridine rings is 1. The second-order valence-electron chi connectivity index (χ2n) is 6.62. The molecule has 0 saturated carbocycles. The zero-order valence-corrected chi connectivity index (χ0v) is 18.2. The molecule has 0 fully saturated rings. The quantitative estimate of drug-likeness (QED) is 0.417. The second-order valence-corrected chi connectivity index (χ2v) is 7.46. The molecule has 2 aromatic carbocycles. The summed E-state index contributed by atoms with van der Waals surface area (Å²) in [5.74, 6) is -1.22. The highest BCUT2D eigenvalue weighted by Crippen LogP contribution is 2.32. The average molecular weight is 499 g/mol. The van der Waals surface area contributed by atoms with Crippen molar-refractivity contribution in [2.75, 3.05) is 11.9 Å². The van der Waals surface area contributed by atoms with Crippen LogP contribution in [0.25, 0.3) is 0 Å². The predicted octanol–water partition coefficient (Wildman–Crippen LogP) is 5.78. The Labute approximate surface area is 196 Å². The number of esters is 1. The summed E-state index contributed by atoms with van der Waals surface area (Å²) in [4.78, 5) is 27.6. The number of nitrogens with zero attached hydrogens (tertiary/aromatic N) is 1. The first-order chi connectivity index (χ1) is 15.6. The van der Waals surface area contributed by atoms with Gasteiger partial charge in [-0.2, -0.15) is 13.2 Å². The summed E-state index contributed by atoms with van der Waals surface area (Å²) >= 11 is 11.5. The van der Waals surface area contributed by atoms with E-state index in [9.17, 15) is 22.8 Å². The van der Waals surface area contributed by atoms with Gasteiger partial charge in [-0.3, -0.25) is 4.79 Å². The Morgan fingerprint density at radius 2 is 1.67 bits per heavy atom. The van der Waals surface area contributed by atoms with Gasteiger partial charge in [0.15, 0.2) is 12.4 Å².